The van der Waals surface area contributed by atoms with E-state index in [1.54, 1.807) is 6.07 Å². The first-order valence-electron chi connectivity index (χ1n) is 9.97. The van der Waals surface area contributed by atoms with Crippen molar-refractivity contribution in [2.45, 2.75) is 19.4 Å². The third kappa shape index (κ3) is 2.73. The monoisotopic (exact) mass is 404 g/mol. The summed E-state index contributed by atoms with van der Waals surface area (Å²) in [6.07, 6.45) is 5.30. The van der Waals surface area contributed by atoms with E-state index in [1.807, 2.05) is 42.5 Å². The Morgan fingerprint density at radius 2 is 1.80 bits per heavy atom. The highest BCUT2D eigenvalue weighted by molar-refractivity contribution is 6.08. The first-order valence-corrected chi connectivity index (χ1v) is 9.97. The molecule has 0 aromatic heterocycles. The van der Waals surface area contributed by atoms with E-state index in [0.717, 1.165) is 22.2 Å². The molecule has 1 aliphatic heterocycles. The summed E-state index contributed by atoms with van der Waals surface area (Å²) in [5.74, 6) is -1.70. The minimum atomic E-state index is -1.09. The molecule has 2 aliphatic carbocycles. The molecule has 0 spiro atoms. The summed E-state index contributed by atoms with van der Waals surface area (Å²) in [5.41, 5.74) is 0.528. The van der Waals surface area contributed by atoms with Gasteiger partial charge in [-0.15, -0.1) is 0 Å². The van der Waals surface area contributed by atoms with E-state index in [4.69, 9.17) is 4.74 Å². The van der Waals surface area contributed by atoms with Crippen LogP contribution in [0.1, 0.15) is 18.9 Å². The molecule has 5 rings (SSSR count). The van der Waals surface area contributed by atoms with Crippen LogP contribution < -0.4 is 4.74 Å². The Morgan fingerprint density at radius 3 is 2.47 bits per heavy atom. The van der Waals surface area contributed by atoms with Gasteiger partial charge in [0.1, 0.15) is 5.75 Å². The van der Waals surface area contributed by atoms with Gasteiger partial charge >= 0.3 is 5.97 Å². The van der Waals surface area contributed by atoms with Gasteiger partial charge in [0, 0.05) is 5.56 Å². The normalized spacial score (nSPS) is 28.0. The van der Waals surface area contributed by atoms with Crippen molar-refractivity contribution in [3.05, 3.63) is 54.1 Å². The Labute approximate surface area is 172 Å². The predicted octanol–water partition coefficient (Wildman–Crippen LogP) is 2.83. The molecule has 152 valence electrons. The zero-order valence-electron chi connectivity index (χ0n) is 16.3. The fourth-order valence-corrected chi connectivity index (χ4v) is 4.87. The maximum Gasteiger partial charge on any atom is 0.344 e. The van der Waals surface area contributed by atoms with Gasteiger partial charge in [0.15, 0.2) is 6.10 Å². The standard InChI is InChI=1S/C23H20N2O5/c1-12(23(28)29)30-18-9-8-13-4-2-3-5-16(13)17(18)11-24-25-21(26)19-14-6-7-15(10-14)20(19)22(25)27/h2-9,11-12,14-15,19-20H,10H2,1H3,(H,28,29). The number of carbonyl (C=O) groups is 3. The first-order chi connectivity index (χ1) is 14.5. The van der Waals surface area contributed by atoms with Crippen molar-refractivity contribution >= 4 is 34.8 Å². The molecule has 7 nitrogen and oxygen atoms in total. The summed E-state index contributed by atoms with van der Waals surface area (Å²) in [6, 6.07) is 11.0. The number of ether oxygens (including phenoxy) is 1. The minimum Gasteiger partial charge on any atom is -0.479 e. The van der Waals surface area contributed by atoms with Crippen LogP contribution in [-0.4, -0.2) is 40.2 Å². The molecule has 2 fully saturated rings. The van der Waals surface area contributed by atoms with E-state index < -0.39 is 12.1 Å². The van der Waals surface area contributed by atoms with Gasteiger partial charge in [0.25, 0.3) is 11.8 Å². The Morgan fingerprint density at radius 1 is 1.13 bits per heavy atom. The predicted molar refractivity (Wildman–Crippen MR) is 109 cm³/mol. The summed E-state index contributed by atoms with van der Waals surface area (Å²) < 4.78 is 5.61. The molecule has 2 amide bonds. The number of carboxylic acid groups (broad SMARTS) is 1. The Hall–Kier alpha value is -3.48. The van der Waals surface area contributed by atoms with E-state index in [2.05, 4.69) is 5.10 Å². The minimum absolute atomic E-state index is 0.115. The van der Waals surface area contributed by atoms with Gasteiger partial charge in [-0.25, -0.2) is 4.79 Å². The lowest BCUT2D eigenvalue weighted by Crippen LogP contribution is -2.28. The van der Waals surface area contributed by atoms with Crippen molar-refractivity contribution in [2.75, 3.05) is 0 Å². The molecule has 1 N–H and O–H groups in total. The number of hydrogen-bond acceptors (Lipinski definition) is 5. The van der Waals surface area contributed by atoms with E-state index in [0.29, 0.717) is 11.3 Å². The summed E-state index contributed by atoms with van der Waals surface area (Å²) in [5, 5.41) is 16.1. The fraction of sp³-hybridized carbons (Fsp3) is 0.304. The number of carbonyl (C=O) groups excluding carboxylic acids is 2. The van der Waals surface area contributed by atoms with Crippen molar-refractivity contribution in [2.24, 2.45) is 28.8 Å². The summed E-state index contributed by atoms with van der Waals surface area (Å²) in [6.45, 7) is 1.44. The number of nitrogens with zero attached hydrogens (tertiary/aromatic N) is 2. The molecule has 2 aromatic rings. The van der Waals surface area contributed by atoms with E-state index >= 15 is 0 Å². The highest BCUT2D eigenvalue weighted by atomic mass is 16.5. The second-order valence-corrected chi connectivity index (χ2v) is 8.03. The highest BCUT2D eigenvalue weighted by Crippen LogP contribution is 2.52. The van der Waals surface area contributed by atoms with Crippen LogP contribution in [0, 0.1) is 23.7 Å². The number of hydrazone groups is 1. The SMILES string of the molecule is CC(Oc1ccc2ccccc2c1C=NN1C(=O)C2C3C=CC(C3)C2C1=O)C(=O)O. The van der Waals surface area contributed by atoms with Gasteiger partial charge in [-0.2, -0.15) is 10.1 Å². The molecule has 3 aliphatic rings. The molecular formula is C23H20N2O5. The summed E-state index contributed by atoms with van der Waals surface area (Å²) in [4.78, 5) is 37.0. The lowest BCUT2D eigenvalue weighted by molar-refractivity contribution is -0.144. The van der Waals surface area contributed by atoms with Crippen molar-refractivity contribution < 1.29 is 24.2 Å². The maximum absolute atomic E-state index is 12.9. The van der Waals surface area contributed by atoms with Crippen LogP contribution in [0.25, 0.3) is 10.8 Å². The van der Waals surface area contributed by atoms with Crippen LogP contribution in [0.15, 0.2) is 53.7 Å². The number of amides is 2. The van der Waals surface area contributed by atoms with Gasteiger partial charge in [-0.05, 0) is 42.0 Å². The Balaban J connectivity index is 1.51. The molecule has 0 radical (unpaired) electrons. The second kappa shape index (κ2) is 6.79. The number of aliphatic carboxylic acids is 1. The maximum atomic E-state index is 12.9. The molecule has 2 aromatic carbocycles. The molecule has 1 heterocycles. The van der Waals surface area contributed by atoms with Gasteiger partial charge in [0.2, 0.25) is 0 Å². The molecule has 1 saturated carbocycles. The van der Waals surface area contributed by atoms with Crippen molar-refractivity contribution in [1.29, 1.82) is 0 Å². The van der Waals surface area contributed by atoms with E-state index in [1.165, 1.54) is 13.1 Å². The van der Waals surface area contributed by atoms with Crippen molar-refractivity contribution in [3.63, 3.8) is 0 Å². The smallest absolute Gasteiger partial charge is 0.344 e. The third-order valence-corrected chi connectivity index (χ3v) is 6.33. The first kappa shape index (κ1) is 18.5. The van der Waals surface area contributed by atoms with Gasteiger partial charge in [-0.1, -0.05) is 42.5 Å². The number of rotatable bonds is 5. The van der Waals surface area contributed by atoms with Crippen LogP contribution in [-0.2, 0) is 14.4 Å². The molecule has 2 bridgehead atoms. The Bertz CT molecular complexity index is 1110. The average Bonchev–Trinajstić information content (AvgIpc) is 3.41. The van der Waals surface area contributed by atoms with Crippen LogP contribution in [0.2, 0.25) is 0 Å². The third-order valence-electron chi connectivity index (χ3n) is 6.33. The average molecular weight is 404 g/mol. The number of hydrogen-bond donors (Lipinski definition) is 1. The number of carboxylic acids is 1. The molecular weight excluding hydrogens is 384 g/mol. The summed E-state index contributed by atoms with van der Waals surface area (Å²) in [7, 11) is 0. The van der Waals surface area contributed by atoms with Crippen LogP contribution in [0.5, 0.6) is 5.75 Å². The number of allylic oxidation sites excluding steroid dienone is 2. The lowest BCUT2D eigenvalue weighted by atomic mass is 9.85. The quantitative estimate of drug-likeness (QED) is 0.470. The molecule has 5 unspecified atom stereocenters. The zero-order chi connectivity index (χ0) is 21.0. The zero-order valence-corrected chi connectivity index (χ0v) is 16.3. The number of fused-ring (bicyclic) bond motifs is 6. The van der Waals surface area contributed by atoms with Gasteiger partial charge in [-0.3, -0.25) is 9.59 Å². The largest absolute Gasteiger partial charge is 0.479 e. The van der Waals surface area contributed by atoms with Crippen LogP contribution in [0.4, 0.5) is 0 Å². The molecule has 1 saturated heterocycles. The second-order valence-electron chi connectivity index (χ2n) is 8.03. The van der Waals surface area contributed by atoms with Crippen molar-refractivity contribution in [1.82, 2.24) is 5.01 Å². The summed E-state index contributed by atoms with van der Waals surface area (Å²) >= 11 is 0. The molecule has 5 atom stereocenters. The molecule has 7 heteroatoms. The Kier molecular flexibility index (Phi) is 4.20. The number of benzene rings is 2. The molecule has 30 heavy (non-hydrogen) atoms. The van der Waals surface area contributed by atoms with Gasteiger partial charge in [0.05, 0.1) is 18.1 Å². The van der Waals surface area contributed by atoms with Crippen LogP contribution in [0.3, 0.4) is 0 Å². The van der Waals surface area contributed by atoms with Crippen molar-refractivity contribution in [3.8, 4) is 5.75 Å². The van der Waals surface area contributed by atoms with E-state index in [9.17, 15) is 19.5 Å². The highest BCUT2D eigenvalue weighted by Gasteiger charge is 2.59. The topological polar surface area (TPSA) is 96.3 Å². The van der Waals surface area contributed by atoms with Gasteiger partial charge < -0.3 is 9.84 Å². The lowest BCUT2D eigenvalue weighted by Gasteiger charge is -2.15. The van der Waals surface area contributed by atoms with Crippen LogP contribution >= 0.6 is 0 Å². The fourth-order valence-electron chi connectivity index (χ4n) is 4.87. The number of imide groups is 1. The van der Waals surface area contributed by atoms with E-state index in [-0.39, 0.29) is 35.5 Å².